The number of para-hydroxylation sites is 1. The molecular formula is C24H18F3NO3. The second-order valence-electron chi connectivity index (χ2n) is 7.13. The van der Waals surface area contributed by atoms with Crippen molar-refractivity contribution >= 4 is 0 Å². The SMILES string of the molecule is O=c1[nH]cccc1[C@](C#CC1CC1)(Oc1cccc(Oc2ccccc2)c1)C(F)(F)F. The predicted molar refractivity (Wildman–Crippen MR) is 109 cm³/mol. The molecule has 1 aliphatic rings. The number of alkyl halides is 3. The molecule has 0 amide bonds. The lowest BCUT2D eigenvalue weighted by atomic mass is 9.94. The summed E-state index contributed by atoms with van der Waals surface area (Å²) in [5.74, 6) is 5.44. The van der Waals surface area contributed by atoms with Crippen LogP contribution in [0.1, 0.15) is 18.4 Å². The van der Waals surface area contributed by atoms with Crippen molar-refractivity contribution in [3.63, 3.8) is 0 Å². The first-order chi connectivity index (χ1) is 14.9. The summed E-state index contributed by atoms with van der Waals surface area (Å²) in [5.41, 5.74) is -4.65. The van der Waals surface area contributed by atoms with Crippen LogP contribution in [0.2, 0.25) is 0 Å². The maximum Gasteiger partial charge on any atom is 0.445 e. The largest absolute Gasteiger partial charge is 0.460 e. The molecule has 0 spiro atoms. The van der Waals surface area contributed by atoms with Crippen LogP contribution in [0.3, 0.4) is 0 Å². The van der Waals surface area contributed by atoms with Crippen LogP contribution in [-0.2, 0) is 5.60 Å². The fraction of sp³-hybridized carbons (Fsp3) is 0.208. The lowest BCUT2D eigenvalue weighted by Gasteiger charge is -2.31. The van der Waals surface area contributed by atoms with Gasteiger partial charge in [-0.2, -0.15) is 13.2 Å². The number of aromatic amines is 1. The van der Waals surface area contributed by atoms with Gasteiger partial charge in [-0.1, -0.05) is 30.2 Å². The van der Waals surface area contributed by atoms with Crippen molar-refractivity contribution in [2.45, 2.75) is 24.6 Å². The summed E-state index contributed by atoms with van der Waals surface area (Å²) in [6.07, 6.45) is -2.26. The molecule has 4 rings (SSSR count). The highest BCUT2D eigenvalue weighted by Gasteiger charge is 2.60. The van der Waals surface area contributed by atoms with E-state index < -0.39 is 22.9 Å². The number of nitrogens with one attached hydrogen (secondary N) is 1. The van der Waals surface area contributed by atoms with Crippen molar-refractivity contribution in [2.24, 2.45) is 5.92 Å². The van der Waals surface area contributed by atoms with Gasteiger partial charge in [0.05, 0.1) is 5.56 Å². The van der Waals surface area contributed by atoms with Crippen LogP contribution in [0.4, 0.5) is 13.2 Å². The Kier molecular flexibility index (Phi) is 5.47. The molecule has 1 atom stereocenters. The second kappa shape index (κ2) is 8.23. The summed E-state index contributed by atoms with van der Waals surface area (Å²) >= 11 is 0. The smallest absolute Gasteiger partial charge is 0.445 e. The van der Waals surface area contributed by atoms with E-state index in [-0.39, 0.29) is 17.4 Å². The number of hydrogen-bond acceptors (Lipinski definition) is 3. The van der Waals surface area contributed by atoms with Crippen LogP contribution < -0.4 is 15.0 Å². The number of rotatable bonds is 5. The molecule has 0 bridgehead atoms. The van der Waals surface area contributed by atoms with Crippen LogP contribution in [0, 0.1) is 17.8 Å². The fourth-order valence-corrected chi connectivity index (χ4v) is 2.96. The van der Waals surface area contributed by atoms with E-state index in [1.165, 1.54) is 30.5 Å². The Balaban J connectivity index is 1.76. The van der Waals surface area contributed by atoms with Crippen LogP contribution in [0.25, 0.3) is 0 Å². The van der Waals surface area contributed by atoms with E-state index >= 15 is 0 Å². The number of ether oxygens (including phenoxy) is 2. The van der Waals surface area contributed by atoms with Crippen LogP contribution >= 0.6 is 0 Å². The van der Waals surface area contributed by atoms with E-state index in [1.807, 2.05) is 6.07 Å². The van der Waals surface area contributed by atoms with E-state index in [0.29, 0.717) is 5.75 Å². The van der Waals surface area contributed by atoms with Crippen molar-refractivity contribution in [3.8, 4) is 29.1 Å². The zero-order chi connectivity index (χ0) is 21.9. The topological polar surface area (TPSA) is 51.3 Å². The molecule has 31 heavy (non-hydrogen) atoms. The van der Waals surface area contributed by atoms with Gasteiger partial charge in [-0.05, 0) is 55.2 Å². The van der Waals surface area contributed by atoms with Crippen molar-refractivity contribution in [1.29, 1.82) is 0 Å². The van der Waals surface area contributed by atoms with E-state index in [9.17, 15) is 18.0 Å². The third-order valence-electron chi connectivity index (χ3n) is 4.68. The van der Waals surface area contributed by atoms with Crippen molar-refractivity contribution in [2.75, 3.05) is 0 Å². The van der Waals surface area contributed by atoms with E-state index in [4.69, 9.17) is 9.47 Å². The summed E-state index contributed by atoms with van der Waals surface area (Å²) in [6.45, 7) is 0. The van der Waals surface area contributed by atoms with E-state index in [1.54, 1.807) is 30.3 Å². The Labute approximate surface area is 176 Å². The van der Waals surface area contributed by atoms with Gasteiger partial charge in [0.1, 0.15) is 17.2 Å². The lowest BCUT2D eigenvalue weighted by Crippen LogP contribution is -2.49. The lowest BCUT2D eigenvalue weighted by molar-refractivity contribution is -0.230. The summed E-state index contributed by atoms with van der Waals surface area (Å²) in [7, 11) is 0. The monoisotopic (exact) mass is 425 g/mol. The molecule has 1 saturated carbocycles. The standard InChI is InChI=1S/C24H18F3NO3/c25-24(26,27)23(14-13-17-11-12-17,21-10-5-15-28-22(21)29)31-20-9-4-8-19(16-20)30-18-6-2-1-3-7-18/h1-10,15-17H,11-12H2,(H,28,29)/t23-/m0/s1. The minimum atomic E-state index is -4.97. The Morgan fingerprint density at radius 1 is 0.903 bits per heavy atom. The normalized spacial score (nSPS) is 15.3. The highest BCUT2D eigenvalue weighted by Crippen LogP contribution is 2.42. The number of benzene rings is 2. The molecule has 0 unspecified atom stereocenters. The molecule has 4 nitrogen and oxygen atoms in total. The van der Waals surface area contributed by atoms with Gasteiger partial charge < -0.3 is 14.5 Å². The summed E-state index contributed by atoms with van der Waals surface area (Å²) in [5, 5.41) is 0. The van der Waals surface area contributed by atoms with Crippen molar-refractivity contribution in [3.05, 3.63) is 88.8 Å². The quantitative estimate of drug-likeness (QED) is 0.556. The minimum Gasteiger partial charge on any atom is -0.460 e. The highest BCUT2D eigenvalue weighted by molar-refractivity contribution is 5.41. The average Bonchev–Trinajstić information content (AvgIpc) is 3.56. The number of hydrogen-bond donors (Lipinski definition) is 1. The molecule has 0 radical (unpaired) electrons. The first-order valence-corrected chi connectivity index (χ1v) is 9.67. The predicted octanol–water partition coefficient (Wildman–Crippen LogP) is 5.42. The van der Waals surface area contributed by atoms with Gasteiger partial charge in [0, 0.05) is 18.2 Å². The van der Waals surface area contributed by atoms with Gasteiger partial charge in [0.2, 0.25) is 0 Å². The number of aromatic nitrogens is 1. The Hall–Kier alpha value is -3.66. The first-order valence-electron chi connectivity index (χ1n) is 9.67. The number of pyridine rings is 1. The van der Waals surface area contributed by atoms with Gasteiger partial charge in [-0.25, -0.2) is 0 Å². The first kappa shape index (κ1) is 20.6. The molecule has 0 aliphatic heterocycles. The molecule has 1 N–H and O–H groups in total. The molecule has 0 saturated heterocycles. The van der Waals surface area contributed by atoms with E-state index in [0.717, 1.165) is 18.9 Å². The Morgan fingerprint density at radius 3 is 2.29 bits per heavy atom. The Morgan fingerprint density at radius 2 is 1.61 bits per heavy atom. The maximum atomic E-state index is 14.4. The zero-order valence-electron chi connectivity index (χ0n) is 16.3. The highest BCUT2D eigenvalue weighted by atomic mass is 19.4. The summed E-state index contributed by atoms with van der Waals surface area (Å²) < 4.78 is 54.5. The Bertz CT molecular complexity index is 1170. The van der Waals surface area contributed by atoms with Crippen LogP contribution in [-0.4, -0.2) is 11.2 Å². The fourth-order valence-electron chi connectivity index (χ4n) is 2.96. The van der Waals surface area contributed by atoms with Gasteiger partial charge >= 0.3 is 6.18 Å². The molecular weight excluding hydrogens is 407 g/mol. The molecule has 1 aliphatic carbocycles. The number of halogens is 3. The maximum absolute atomic E-state index is 14.4. The third kappa shape index (κ3) is 4.58. The molecule has 3 aromatic rings. The van der Waals surface area contributed by atoms with Gasteiger partial charge in [0.15, 0.2) is 0 Å². The third-order valence-corrected chi connectivity index (χ3v) is 4.68. The van der Waals surface area contributed by atoms with E-state index in [2.05, 4.69) is 16.8 Å². The van der Waals surface area contributed by atoms with Gasteiger partial charge in [-0.3, -0.25) is 4.79 Å². The summed E-state index contributed by atoms with van der Waals surface area (Å²) in [6, 6.07) is 17.0. The second-order valence-corrected chi connectivity index (χ2v) is 7.13. The summed E-state index contributed by atoms with van der Waals surface area (Å²) in [4.78, 5) is 14.6. The molecule has 1 heterocycles. The molecule has 2 aromatic carbocycles. The van der Waals surface area contributed by atoms with Gasteiger partial charge in [-0.15, -0.1) is 0 Å². The zero-order valence-corrected chi connectivity index (χ0v) is 16.3. The number of H-pyrrole nitrogens is 1. The molecule has 1 fully saturated rings. The van der Waals surface area contributed by atoms with Gasteiger partial charge in [0.25, 0.3) is 11.2 Å². The van der Waals surface area contributed by atoms with Crippen molar-refractivity contribution < 1.29 is 22.6 Å². The molecule has 7 heteroatoms. The molecule has 158 valence electrons. The van der Waals surface area contributed by atoms with Crippen LogP contribution in [0.15, 0.2) is 77.7 Å². The van der Waals surface area contributed by atoms with Crippen molar-refractivity contribution in [1.82, 2.24) is 4.98 Å². The minimum absolute atomic E-state index is 0.124. The average molecular weight is 425 g/mol. The van der Waals surface area contributed by atoms with Crippen LogP contribution in [0.5, 0.6) is 17.2 Å². The molecule has 1 aromatic heterocycles.